The third-order valence-electron chi connectivity index (χ3n) is 4.46. The van der Waals surface area contributed by atoms with Gasteiger partial charge in [-0.05, 0) is 55.8 Å². The predicted octanol–water partition coefficient (Wildman–Crippen LogP) is 3.06. The van der Waals surface area contributed by atoms with Gasteiger partial charge < -0.3 is 5.32 Å². The summed E-state index contributed by atoms with van der Waals surface area (Å²) in [6.07, 6.45) is 4.49. The van der Waals surface area contributed by atoms with Gasteiger partial charge in [0.05, 0.1) is 5.75 Å². The predicted molar refractivity (Wildman–Crippen MR) is 103 cm³/mol. The fourth-order valence-corrected chi connectivity index (χ4v) is 3.86. The molecular weight excluding hydrogens is 346 g/mol. The number of benzene rings is 1. The van der Waals surface area contributed by atoms with Crippen LogP contribution in [0.15, 0.2) is 53.8 Å². The zero-order valence-corrected chi connectivity index (χ0v) is 15.3. The van der Waals surface area contributed by atoms with Gasteiger partial charge in [-0.3, -0.25) is 14.1 Å². The van der Waals surface area contributed by atoms with Crippen molar-refractivity contribution in [2.45, 2.75) is 24.5 Å². The largest absolute Gasteiger partial charge is 0.325 e. The lowest BCUT2D eigenvalue weighted by atomic mass is 10.2. The Morgan fingerprint density at radius 1 is 1.08 bits per heavy atom. The second-order valence-corrected chi connectivity index (χ2v) is 7.37. The number of amides is 1. The molecule has 3 aromatic rings. The summed E-state index contributed by atoms with van der Waals surface area (Å²) in [5.41, 5.74) is 2.89. The van der Waals surface area contributed by atoms with Gasteiger partial charge in [-0.1, -0.05) is 30.0 Å². The number of hydrogen-bond donors (Lipinski definition) is 1. The summed E-state index contributed by atoms with van der Waals surface area (Å²) in [7, 11) is 0. The van der Waals surface area contributed by atoms with Crippen molar-refractivity contribution in [1.29, 1.82) is 0 Å². The highest BCUT2D eigenvalue weighted by atomic mass is 32.2. The molecule has 1 fully saturated rings. The number of nitrogens with one attached hydrogen (secondary N) is 1. The number of thioether (sulfide) groups is 1. The van der Waals surface area contributed by atoms with Crippen LogP contribution in [-0.2, 0) is 11.3 Å². The maximum atomic E-state index is 12.2. The number of hydrogen-bond acceptors (Lipinski definition) is 5. The van der Waals surface area contributed by atoms with E-state index in [1.807, 2.05) is 40.9 Å². The number of fused-ring (bicyclic) bond motifs is 1. The van der Waals surface area contributed by atoms with Gasteiger partial charge in [-0.2, -0.15) is 0 Å². The summed E-state index contributed by atoms with van der Waals surface area (Å²) < 4.78 is 1.88. The van der Waals surface area contributed by atoms with E-state index < -0.39 is 0 Å². The first-order chi connectivity index (χ1) is 12.8. The van der Waals surface area contributed by atoms with Crippen LogP contribution in [0.5, 0.6) is 0 Å². The number of nitrogens with zero attached hydrogens (tertiary/aromatic N) is 4. The molecule has 7 heteroatoms. The molecule has 0 spiro atoms. The normalized spacial score (nSPS) is 14.8. The van der Waals surface area contributed by atoms with Crippen LogP contribution in [0.1, 0.15) is 18.4 Å². The molecule has 2 aromatic heterocycles. The molecule has 1 amide bonds. The molecule has 0 saturated carbocycles. The van der Waals surface area contributed by atoms with Crippen LogP contribution in [0.2, 0.25) is 0 Å². The molecule has 6 nitrogen and oxygen atoms in total. The Labute approximate surface area is 156 Å². The number of carbonyl (C=O) groups is 1. The van der Waals surface area contributed by atoms with Crippen LogP contribution in [0.3, 0.4) is 0 Å². The number of pyridine rings is 1. The van der Waals surface area contributed by atoms with E-state index in [1.54, 1.807) is 0 Å². The van der Waals surface area contributed by atoms with E-state index in [2.05, 4.69) is 32.5 Å². The summed E-state index contributed by atoms with van der Waals surface area (Å²) in [5.74, 6) is 0.251. The highest BCUT2D eigenvalue weighted by molar-refractivity contribution is 7.99. The summed E-state index contributed by atoms with van der Waals surface area (Å²) in [5, 5.41) is 11.9. The molecule has 134 valence electrons. The van der Waals surface area contributed by atoms with Crippen LogP contribution in [0.4, 0.5) is 5.69 Å². The standard InChI is InChI=1S/C19H21N5OS/c25-18(14-26-19-22-21-17-5-1-2-12-24(17)19)20-16-8-6-15(7-9-16)13-23-10-3-4-11-23/h1-2,5-9,12H,3-4,10-11,13-14H2,(H,20,25). The first kappa shape index (κ1) is 17.1. The Morgan fingerprint density at radius 2 is 1.88 bits per heavy atom. The van der Waals surface area contributed by atoms with Crippen LogP contribution in [0, 0.1) is 0 Å². The minimum absolute atomic E-state index is 0.0463. The number of likely N-dealkylation sites (tertiary alicyclic amines) is 1. The van der Waals surface area contributed by atoms with Crippen molar-refractivity contribution < 1.29 is 4.79 Å². The quantitative estimate of drug-likeness (QED) is 0.679. The molecular formula is C19H21N5OS. The molecule has 3 heterocycles. The lowest BCUT2D eigenvalue weighted by Crippen LogP contribution is -2.18. The SMILES string of the molecule is O=C(CSc1nnc2ccccn12)Nc1ccc(CN2CCCC2)cc1. The third-order valence-corrected chi connectivity index (χ3v) is 5.40. The number of aromatic nitrogens is 3. The smallest absolute Gasteiger partial charge is 0.234 e. The molecule has 0 atom stereocenters. The number of anilines is 1. The molecule has 0 bridgehead atoms. The summed E-state index contributed by atoms with van der Waals surface area (Å²) in [6, 6.07) is 13.9. The number of rotatable bonds is 6. The Hall–Kier alpha value is -2.38. The van der Waals surface area contributed by atoms with E-state index in [1.165, 1.54) is 43.3 Å². The van der Waals surface area contributed by atoms with Crippen molar-refractivity contribution >= 4 is 29.0 Å². The Morgan fingerprint density at radius 3 is 2.69 bits per heavy atom. The highest BCUT2D eigenvalue weighted by Crippen LogP contribution is 2.18. The van der Waals surface area contributed by atoms with Crippen molar-refractivity contribution in [2.75, 3.05) is 24.2 Å². The minimum Gasteiger partial charge on any atom is -0.325 e. The average Bonchev–Trinajstić information content (AvgIpc) is 3.31. The van der Waals surface area contributed by atoms with E-state index in [0.717, 1.165) is 23.0 Å². The summed E-state index contributed by atoms with van der Waals surface area (Å²) in [6.45, 7) is 3.37. The van der Waals surface area contributed by atoms with Crippen LogP contribution >= 0.6 is 11.8 Å². The lowest BCUT2D eigenvalue weighted by Gasteiger charge is -2.14. The van der Waals surface area contributed by atoms with Gasteiger partial charge in [0.15, 0.2) is 10.8 Å². The maximum absolute atomic E-state index is 12.2. The topological polar surface area (TPSA) is 62.5 Å². The van der Waals surface area contributed by atoms with Crippen molar-refractivity contribution in [3.63, 3.8) is 0 Å². The molecule has 0 radical (unpaired) electrons. The summed E-state index contributed by atoms with van der Waals surface area (Å²) in [4.78, 5) is 14.7. The first-order valence-electron chi connectivity index (χ1n) is 8.82. The monoisotopic (exact) mass is 367 g/mol. The van der Waals surface area contributed by atoms with Gasteiger partial charge in [-0.15, -0.1) is 10.2 Å². The minimum atomic E-state index is -0.0463. The van der Waals surface area contributed by atoms with Gasteiger partial charge in [0.2, 0.25) is 5.91 Å². The van der Waals surface area contributed by atoms with Gasteiger partial charge in [0.25, 0.3) is 0 Å². The van der Waals surface area contributed by atoms with Crippen LogP contribution < -0.4 is 5.32 Å². The highest BCUT2D eigenvalue weighted by Gasteiger charge is 2.12. The molecule has 1 N–H and O–H groups in total. The number of carbonyl (C=O) groups excluding carboxylic acids is 1. The lowest BCUT2D eigenvalue weighted by molar-refractivity contribution is -0.113. The van der Waals surface area contributed by atoms with E-state index in [0.29, 0.717) is 5.75 Å². The molecule has 0 unspecified atom stereocenters. The molecule has 1 aliphatic heterocycles. The van der Waals surface area contributed by atoms with Crippen molar-refractivity contribution in [1.82, 2.24) is 19.5 Å². The Balaban J connectivity index is 1.30. The third kappa shape index (κ3) is 4.05. The van der Waals surface area contributed by atoms with E-state index in [9.17, 15) is 4.79 Å². The second-order valence-electron chi connectivity index (χ2n) is 6.43. The zero-order valence-electron chi connectivity index (χ0n) is 14.5. The molecule has 1 saturated heterocycles. The average molecular weight is 367 g/mol. The zero-order chi connectivity index (χ0) is 17.8. The molecule has 1 aromatic carbocycles. The van der Waals surface area contributed by atoms with Gasteiger partial charge >= 0.3 is 0 Å². The van der Waals surface area contributed by atoms with Crippen molar-refractivity contribution in [2.24, 2.45) is 0 Å². The Bertz CT molecular complexity index is 886. The first-order valence-corrected chi connectivity index (χ1v) is 9.80. The summed E-state index contributed by atoms with van der Waals surface area (Å²) >= 11 is 1.38. The van der Waals surface area contributed by atoms with E-state index >= 15 is 0 Å². The molecule has 4 rings (SSSR count). The fraction of sp³-hybridized carbons (Fsp3) is 0.316. The molecule has 0 aliphatic carbocycles. The van der Waals surface area contributed by atoms with E-state index in [4.69, 9.17) is 0 Å². The van der Waals surface area contributed by atoms with Crippen LogP contribution in [0.25, 0.3) is 5.65 Å². The fourth-order valence-electron chi connectivity index (χ4n) is 3.14. The van der Waals surface area contributed by atoms with Gasteiger partial charge in [0, 0.05) is 18.4 Å². The maximum Gasteiger partial charge on any atom is 0.234 e. The second kappa shape index (κ2) is 7.88. The van der Waals surface area contributed by atoms with Crippen molar-refractivity contribution in [3.8, 4) is 0 Å². The van der Waals surface area contributed by atoms with Crippen molar-refractivity contribution in [3.05, 3.63) is 54.2 Å². The molecule has 1 aliphatic rings. The van der Waals surface area contributed by atoms with Crippen LogP contribution in [-0.4, -0.2) is 44.2 Å². The van der Waals surface area contributed by atoms with Gasteiger partial charge in [-0.25, -0.2) is 0 Å². The Kier molecular flexibility index (Phi) is 5.17. The van der Waals surface area contributed by atoms with Gasteiger partial charge in [0.1, 0.15) is 0 Å². The molecule has 26 heavy (non-hydrogen) atoms. The van der Waals surface area contributed by atoms with E-state index in [-0.39, 0.29) is 5.91 Å².